The maximum Gasteiger partial charge on any atom is 0.315 e. The van der Waals surface area contributed by atoms with E-state index < -0.39 is 17.8 Å². The topological polar surface area (TPSA) is 66.4 Å². The Morgan fingerprint density at radius 1 is 1.05 bits per heavy atom. The van der Waals surface area contributed by atoms with Gasteiger partial charge in [0, 0.05) is 5.69 Å². The molecule has 0 aromatic heterocycles. The van der Waals surface area contributed by atoms with Crippen molar-refractivity contribution in [1.82, 2.24) is 0 Å². The number of hydrogen-bond donors (Lipinski definition) is 2. The molecule has 1 atom stereocenters. The van der Waals surface area contributed by atoms with Gasteiger partial charge in [-0.05, 0) is 36.0 Å². The van der Waals surface area contributed by atoms with E-state index in [0.29, 0.717) is 11.6 Å². The van der Waals surface area contributed by atoms with Crippen LogP contribution in [0.3, 0.4) is 0 Å². The van der Waals surface area contributed by atoms with Gasteiger partial charge in [-0.2, -0.15) is 0 Å². The molecule has 4 nitrogen and oxygen atoms in total. The minimum atomic E-state index is -1.12. The van der Waals surface area contributed by atoms with E-state index in [1.54, 1.807) is 0 Å². The Morgan fingerprint density at radius 2 is 1.65 bits per heavy atom. The van der Waals surface area contributed by atoms with Crippen LogP contribution in [-0.2, 0) is 9.59 Å². The molecule has 110 valence electrons. The number of rotatable bonds is 5. The SMILES string of the molecule is CC(C(=O)O)C(=O)Nc1ccc(C(C)C)cc1C(C)C. The molecule has 2 N–H and O–H groups in total. The third-order valence-electron chi connectivity index (χ3n) is 3.39. The van der Waals surface area contributed by atoms with E-state index in [2.05, 4.69) is 39.1 Å². The third-order valence-corrected chi connectivity index (χ3v) is 3.39. The number of carbonyl (C=O) groups excluding carboxylic acids is 1. The molecule has 1 rings (SSSR count). The summed E-state index contributed by atoms with van der Waals surface area (Å²) in [7, 11) is 0. The van der Waals surface area contributed by atoms with Crippen LogP contribution in [0.5, 0.6) is 0 Å². The van der Waals surface area contributed by atoms with Crippen molar-refractivity contribution in [2.24, 2.45) is 5.92 Å². The molecule has 0 aliphatic carbocycles. The molecule has 0 fully saturated rings. The van der Waals surface area contributed by atoms with Gasteiger partial charge < -0.3 is 10.4 Å². The van der Waals surface area contributed by atoms with Gasteiger partial charge in [-0.1, -0.05) is 39.8 Å². The fourth-order valence-electron chi connectivity index (χ4n) is 1.88. The van der Waals surface area contributed by atoms with Crippen LogP contribution in [0.4, 0.5) is 5.69 Å². The first-order valence-electron chi connectivity index (χ1n) is 6.91. The van der Waals surface area contributed by atoms with E-state index in [4.69, 9.17) is 5.11 Å². The van der Waals surface area contributed by atoms with Gasteiger partial charge in [0.15, 0.2) is 0 Å². The molecule has 0 radical (unpaired) electrons. The van der Waals surface area contributed by atoms with E-state index in [1.807, 2.05) is 12.1 Å². The van der Waals surface area contributed by atoms with Crippen molar-refractivity contribution >= 4 is 17.6 Å². The number of amides is 1. The van der Waals surface area contributed by atoms with Crippen LogP contribution >= 0.6 is 0 Å². The highest BCUT2D eigenvalue weighted by Crippen LogP contribution is 2.28. The van der Waals surface area contributed by atoms with E-state index in [-0.39, 0.29) is 5.92 Å². The van der Waals surface area contributed by atoms with Gasteiger partial charge in [-0.3, -0.25) is 9.59 Å². The Labute approximate surface area is 120 Å². The van der Waals surface area contributed by atoms with Crippen LogP contribution in [0.2, 0.25) is 0 Å². The lowest BCUT2D eigenvalue weighted by Gasteiger charge is -2.18. The highest BCUT2D eigenvalue weighted by atomic mass is 16.4. The number of carboxylic acid groups (broad SMARTS) is 1. The standard InChI is InChI=1S/C16H23NO3/c1-9(2)12-6-7-14(13(8-12)10(3)4)17-15(18)11(5)16(19)20/h6-11H,1-5H3,(H,17,18)(H,19,20). The van der Waals surface area contributed by atoms with Crippen LogP contribution in [-0.4, -0.2) is 17.0 Å². The lowest BCUT2D eigenvalue weighted by atomic mass is 9.94. The average Bonchev–Trinajstić information content (AvgIpc) is 2.37. The van der Waals surface area contributed by atoms with Gasteiger partial charge in [0.2, 0.25) is 5.91 Å². The maximum atomic E-state index is 11.9. The number of carbonyl (C=O) groups is 2. The lowest BCUT2D eigenvalue weighted by Crippen LogP contribution is -2.27. The first-order chi connectivity index (χ1) is 9.23. The first kappa shape index (κ1) is 16.2. The lowest BCUT2D eigenvalue weighted by molar-refractivity contribution is -0.144. The predicted molar refractivity (Wildman–Crippen MR) is 80.0 cm³/mol. The molecule has 0 aliphatic rings. The first-order valence-corrected chi connectivity index (χ1v) is 6.91. The molecule has 0 bridgehead atoms. The van der Waals surface area contributed by atoms with Crippen molar-refractivity contribution in [1.29, 1.82) is 0 Å². The minimum Gasteiger partial charge on any atom is -0.481 e. The monoisotopic (exact) mass is 277 g/mol. The largest absolute Gasteiger partial charge is 0.481 e. The summed E-state index contributed by atoms with van der Waals surface area (Å²) in [6.45, 7) is 9.72. The summed E-state index contributed by atoms with van der Waals surface area (Å²) in [6.07, 6.45) is 0. The zero-order valence-electron chi connectivity index (χ0n) is 12.7. The number of hydrogen-bond acceptors (Lipinski definition) is 2. The molecule has 20 heavy (non-hydrogen) atoms. The van der Waals surface area contributed by atoms with E-state index in [1.165, 1.54) is 12.5 Å². The molecule has 4 heteroatoms. The highest BCUT2D eigenvalue weighted by molar-refractivity contribution is 6.04. The summed E-state index contributed by atoms with van der Waals surface area (Å²) in [4.78, 5) is 22.7. The van der Waals surface area contributed by atoms with Crippen LogP contribution < -0.4 is 5.32 Å². The Balaban J connectivity index is 3.06. The molecule has 1 amide bonds. The zero-order valence-corrected chi connectivity index (χ0v) is 12.7. The number of carboxylic acids is 1. The Morgan fingerprint density at radius 3 is 2.10 bits per heavy atom. The summed E-state index contributed by atoms with van der Waals surface area (Å²) in [5.41, 5.74) is 2.93. The molecular weight excluding hydrogens is 254 g/mol. The minimum absolute atomic E-state index is 0.254. The molecule has 0 saturated carbocycles. The number of anilines is 1. The number of nitrogens with one attached hydrogen (secondary N) is 1. The highest BCUT2D eigenvalue weighted by Gasteiger charge is 2.21. The maximum absolute atomic E-state index is 11.9. The zero-order chi connectivity index (χ0) is 15.4. The van der Waals surface area contributed by atoms with Crippen molar-refractivity contribution in [3.8, 4) is 0 Å². The Hall–Kier alpha value is -1.84. The predicted octanol–water partition coefficient (Wildman–Crippen LogP) is 3.59. The summed E-state index contributed by atoms with van der Waals surface area (Å²) >= 11 is 0. The molecule has 0 aliphatic heterocycles. The average molecular weight is 277 g/mol. The van der Waals surface area contributed by atoms with Gasteiger partial charge in [-0.25, -0.2) is 0 Å². The summed E-state index contributed by atoms with van der Waals surface area (Å²) in [5, 5.41) is 11.6. The van der Waals surface area contributed by atoms with Crippen molar-refractivity contribution in [2.45, 2.75) is 46.5 Å². The van der Waals surface area contributed by atoms with Crippen LogP contribution in [0.15, 0.2) is 18.2 Å². The second-order valence-electron chi connectivity index (χ2n) is 5.71. The third kappa shape index (κ3) is 3.83. The number of aliphatic carboxylic acids is 1. The fraction of sp³-hybridized carbons (Fsp3) is 0.500. The van der Waals surface area contributed by atoms with E-state index in [9.17, 15) is 9.59 Å². The molecule has 0 spiro atoms. The Bertz CT molecular complexity index is 506. The molecule has 0 saturated heterocycles. The smallest absolute Gasteiger partial charge is 0.315 e. The van der Waals surface area contributed by atoms with Gasteiger partial charge >= 0.3 is 5.97 Å². The summed E-state index contributed by atoms with van der Waals surface area (Å²) in [6, 6.07) is 5.91. The van der Waals surface area contributed by atoms with Crippen molar-refractivity contribution in [2.75, 3.05) is 5.32 Å². The van der Waals surface area contributed by atoms with Crippen LogP contribution in [0, 0.1) is 5.92 Å². The van der Waals surface area contributed by atoms with Crippen LogP contribution in [0.25, 0.3) is 0 Å². The second-order valence-corrected chi connectivity index (χ2v) is 5.71. The second kappa shape index (κ2) is 6.55. The number of benzene rings is 1. The van der Waals surface area contributed by atoms with E-state index >= 15 is 0 Å². The molecule has 1 aromatic rings. The normalized spacial score (nSPS) is 12.6. The molecule has 0 heterocycles. The summed E-state index contributed by atoms with van der Waals surface area (Å²) < 4.78 is 0. The molecular formula is C16H23NO3. The molecule has 1 aromatic carbocycles. The fourth-order valence-corrected chi connectivity index (χ4v) is 1.88. The van der Waals surface area contributed by atoms with Crippen molar-refractivity contribution in [3.63, 3.8) is 0 Å². The van der Waals surface area contributed by atoms with Crippen LogP contribution in [0.1, 0.15) is 57.6 Å². The van der Waals surface area contributed by atoms with Gasteiger partial charge in [0.05, 0.1) is 0 Å². The summed E-state index contributed by atoms with van der Waals surface area (Å²) in [5.74, 6) is -2.00. The Kier molecular flexibility index (Phi) is 5.31. The quantitative estimate of drug-likeness (QED) is 0.808. The van der Waals surface area contributed by atoms with Gasteiger partial charge in [0.25, 0.3) is 0 Å². The van der Waals surface area contributed by atoms with Gasteiger partial charge in [0.1, 0.15) is 5.92 Å². The van der Waals surface area contributed by atoms with Crippen molar-refractivity contribution < 1.29 is 14.7 Å². The van der Waals surface area contributed by atoms with E-state index in [0.717, 1.165) is 5.56 Å². The molecule has 1 unspecified atom stereocenters. The van der Waals surface area contributed by atoms with Crippen molar-refractivity contribution in [3.05, 3.63) is 29.3 Å². The van der Waals surface area contributed by atoms with Gasteiger partial charge in [-0.15, -0.1) is 0 Å².